The Morgan fingerprint density at radius 3 is 2.73 bits per heavy atom. The van der Waals surface area contributed by atoms with Crippen LogP contribution in [0.2, 0.25) is 0 Å². The molecule has 1 fully saturated rings. The molecule has 0 amide bonds. The topological polar surface area (TPSA) is 52.6 Å². The van der Waals surface area contributed by atoms with Crippen molar-refractivity contribution in [2.24, 2.45) is 5.41 Å². The zero-order valence-corrected chi connectivity index (χ0v) is 9.38. The highest BCUT2D eigenvalue weighted by atomic mass is 16.6. The number of esters is 2. The molecule has 1 rings (SSSR count). The van der Waals surface area contributed by atoms with Gasteiger partial charge in [0.05, 0.1) is 13.2 Å². The summed E-state index contributed by atoms with van der Waals surface area (Å²) in [5.74, 6) is -0.824. The molecule has 0 aromatic rings. The summed E-state index contributed by atoms with van der Waals surface area (Å²) >= 11 is 0. The molecule has 0 N–H and O–H groups in total. The quantitative estimate of drug-likeness (QED) is 0.516. The lowest BCUT2D eigenvalue weighted by Crippen LogP contribution is -2.37. The van der Waals surface area contributed by atoms with Crippen molar-refractivity contribution < 1.29 is 19.1 Å². The molecule has 86 valence electrons. The molecular formula is C11H18O4. The van der Waals surface area contributed by atoms with Gasteiger partial charge in [-0.3, -0.25) is 9.59 Å². The number of carbonyl (C=O) groups excluding carboxylic acids is 2. The molecule has 1 unspecified atom stereocenters. The van der Waals surface area contributed by atoms with Crippen LogP contribution in [0.15, 0.2) is 0 Å². The Kier molecular flexibility index (Phi) is 4.12. The summed E-state index contributed by atoms with van der Waals surface area (Å²) in [6, 6.07) is 0. The van der Waals surface area contributed by atoms with Crippen LogP contribution in [0.5, 0.6) is 0 Å². The Balaban J connectivity index is 2.76. The normalized spacial score (nSPS) is 25.1. The van der Waals surface area contributed by atoms with Gasteiger partial charge in [-0.2, -0.15) is 0 Å². The Morgan fingerprint density at radius 1 is 1.53 bits per heavy atom. The van der Waals surface area contributed by atoms with Crippen LogP contribution in [0.1, 0.15) is 39.5 Å². The highest BCUT2D eigenvalue weighted by Crippen LogP contribution is 2.36. The van der Waals surface area contributed by atoms with Crippen molar-refractivity contribution in [3.05, 3.63) is 0 Å². The fraction of sp³-hybridized carbons (Fsp3) is 0.818. The molecule has 1 heterocycles. The molecule has 4 heteroatoms. The lowest BCUT2D eigenvalue weighted by Gasteiger charge is -2.21. The van der Waals surface area contributed by atoms with Crippen LogP contribution in [0.3, 0.4) is 0 Å². The third-order valence-corrected chi connectivity index (χ3v) is 2.78. The first-order chi connectivity index (χ1) is 7.17. The first-order valence-electron chi connectivity index (χ1n) is 5.52. The average molecular weight is 214 g/mol. The van der Waals surface area contributed by atoms with E-state index in [0.717, 1.165) is 12.8 Å². The number of unbranched alkanes of at least 4 members (excludes halogenated alkanes) is 1. The molecule has 1 aliphatic rings. The Labute approximate surface area is 89.9 Å². The number of hydrogen-bond donors (Lipinski definition) is 0. The first kappa shape index (κ1) is 12.0. The average Bonchev–Trinajstić information content (AvgIpc) is 2.58. The summed E-state index contributed by atoms with van der Waals surface area (Å²) < 4.78 is 9.85. The van der Waals surface area contributed by atoms with Crippen molar-refractivity contribution in [1.82, 2.24) is 0 Å². The molecule has 1 aliphatic heterocycles. The minimum absolute atomic E-state index is 0.306. The van der Waals surface area contributed by atoms with Crippen LogP contribution in [-0.4, -0.2) is 25.2 Å². The third-order valence-electron chi connectivity index (χ3n) is 2.78. The summed E-state index contributed by atoms with van der Waals surface area (Å²) in [6.07, 6.45) is 2.80. The van der Waals surface area contributed by atoms with E-state index in [-0.39, 0.29) is 0 Å². The molecule has 0 aromatic carbocycles. The van der Waals surface area contributed by atoms with Crippen LogP contribution in [0.4, 0.5) is 0 Å². The maximum atomic E-state index is 11.8. The standard InChI is InChI=1S/C11H18O4/c1-3-5-6-11(9(12)14-4-2)7-8-15-10(11)13/h3-8H2,1-2H3. The fourth-order valence-corrected chi connectivity index (χ4v) is 1.82. The van der Waals surface area contributed by atoms with E-state index in [1.807, 2.05) is 6.92 Å². The van der Waals surface area contributed by atoms with Crippen LogP contribution >= 0.6 is 0 Å². The molecule has 0 aliphatic carbocycles. The van der Waals surface area contributed by atoms with Crippen molar-refractivity contribution in [3.63, 3.8) is 0 Å². The smallest absolute Gasteiger partial charge is 0.323 e. The van der Waals surface area contributed by atoms with Gasteiger partial charge in [-0.1, -0.05) is 19.8 Å². The summed E-state index contributed by atoms with van der Waals surface area (Å²) in [5, 5.41) is 0. The Hall–Kier alpha value is -1.06. The number of ether oxygens (including phenoxy) is 2. The minimum atomic E-state index is -1.01. The molecule has 0 radical (unpaired) electrons. The van der Waals surface area contributed by atoms with Crippen molar-refractivity contribution in [2.75, 3.05) is 13.2 Å². The predicted octanol–water partition coefficient (Wildman–Crippen LogP) is 1.67. The monoisotopic (exact) mass is 214 g/mol. The van der Waals surface area contributed by atoms with E-state index in [1.54, 1.807) is 6.92 Å². The first-order valence-corrected chi connectivity index (χ1v) is 5.52. The molecule has 4 nitrogen and oxygen atoms in total. The molecule has 0 bridgehead atoms. The second-order valence-electron chi connectivity index (χ2n) is 3.79. The van der Waals surface area contributed by atoms with Gasteiger partial charge in [-0.05, 0) is 13.3 Å². The van der Waals surface area contributed by atoms with Crippen LogP contribution < -0.4 is 0 Å². The maximum absolute atomic E-state index is 11.8. The molecule has 15 heavy (non-hydrogen) atoms. The van der Waals surface area contributed by atoms with Crippen LogP contribution in [0.25, 0.3) is 0 Å². The van der Waals surface area contributed by atoms with E-state index in [0.29, 0.717) is 26.1 Å². The van der Waals surface area contributed by atoms with Crippen LogP contribution in [0, 0.1) is 5.41 Å². The van der Waals surface area contributed by atoms with Crippen molar-refractivity contribution in [3.8, 4) is 0 Å². The molecule has 0 saturated carbocycles. The van der Waals surface area contributed by atoms with Gasteiger partial charge >= 0.3 is 11.9 Å². The van der Waals surface area contributed by atoms with Gasteiger partial charge < -0.3 is 9.47 Å². The number of rotatable bonds is 5. The molecule has 0 aromatic heterocycles. The zero-order chi connectivity index (χ0) is 11.3. The highest BCUT2D eigenvalue weighted by molar-refractivity contribution is 6.01. The van der Waals surface area contributed by atoms with E-state index in [9.17, 15) is 9.59 Å². The molecule has 1 atom stereocenters. The molecular weight excluding hydrogens is 196 g/mol. The van der Waals surface area contributed by atoms with Crippen molar-refractivity contribution >= 4 is 11.9 Å². The van der Waals surface area contributed by atoms with Crippen molar-refractivity contribution in [1.29, 1.82) is 0 Å². The van der Waals surface area contributed by atoms with Gasteiger partial charge in [0.2, 0.25) is 0 Å². The second kappa shape index (κ2) is 5.14. The lowest BCUT2D eigenvalue weighted by atomic mass is 9.81. The maximum Gasteiger partial charge on any atom is 0.323 e. The van der Waals surface area contributed by atoms with E-state index in [4.69, 9.17) is 9.47 Å². The summed E-state index contributed by atoms with van der Waals surface area (Å²) in [6.45, 7) is 4.41. The van der Waals surface area contributed by atoms with E-state index >= 15 is 0 Å². The van der Waals surface area contributed by atoms with Gasteiger partial charge in [-0.25, -0.2) is 0 Å². The van der Waals surface area contributed by atoms with Gasteiger partial charge in [0, 0.05) is 6.42 Å². The Bertz CT molecular complexity index is 249. The third kappa shape index (κ3) is 2.30. The van der Waals surface area contributed by atoms with E-state index in [2.05, 4.69) is 0 Å². The molecule has 0 spiro atoms. The highest BCUT2D eigenvalue weighted by Gasteiger charge is 2.51. The zero-order valence-electron chi connectivity index (χ0n) is 9.38. The fourth-order valence-electron chi connectivity index (χ4n) is 1.82. The minimum Gasteiger partial charge on any atom is -0.465 e. The molecule has 1 saturated heterocycles. The largest absolute Gasteiger partial charge is 0.465 e. The Morgan fingerprint density at radius 2 is 2.27 bits per heavy atom. The predicted molar refractivity (Wildman–Crippen MR) is 54.2 cm³/mol. The van der Waals surface area contributed by atoms with Gasteiger partial charge in [0.25, 0.3) is 0 Å². The number of hydrogen-bond acceptors (Lipinski definition) is 4. The van der Waals surface area contributed by atoms with Gasteiger partial charge in [-0.15, -0.1) is 0 Å². The van der Waals surface area contributed by atoms with Crippen LogP contribution in [-0.2, 0) is 19.1 Å². The SMILES string of the molecule is CCCCC1(C(=O)OCC)CCOC1=O. The number of carbonyl (C=O) groups is 2. The lowest BCUT2D eigenvalue weighted by molar-refractivity contribution is -0.165. The van der Waals surface area contributed by atoms with Crippen molar-refractivity contribution in [2.45, 2.75) is 39.5 Å². The van der Waals surface area contributed by atoms with E-state index in [1.165, 1.54) is 0 Å². The van der Waals surface area contributed by atoms with Gasteiger partial charge in [0.1, 0.15) is 0 Å². The van der Waals surface area contributed by atoms with Gasteiger partial charge in [0.15, 0.2) is 5.41 Å². The second-order valence-corrected chi connectivity index (χ2v) is 3.79. The summed E-state index contributed by atoms with van der Waals surface area (Å²) in [5.41, 5.74) is -1.01. The van der Waals surface area contributed by atoms with E-state index < -0.39 is 17.4 Å². The summed E-state index contributed by atoms with van der Waals surface area (Å²) in [7, 11) is 0. The summed E-state index contributed by atoms with van der Waals surface area (Å²) in [4.78, 5) is 23.4. The number of cyclic esters (lactones) is 1.